The summed E-state index contributed by atoms with van der Waals surface area (Å²) in [6.07, 6.45) is 1.56. The van der Waals surface area contributed by atoms with E-state index in [0.29, 0.717) is 5.69 Å². The molecule has 0 aliphatic carbocycles. The number of nitro groups is 1. The van der Waals surface area contributed by atoms with Gasteiger partial charge in [0.15, 0.2) is 0 Å². The Morgan fingerprint density at radius 3 is 2.72 bits per heavy atom. The number of sulfonamides is 1. The lowest BCUT2D eigenvalue weighted by Gasteiger charge is -2.04. The van der Waals surface area contributed by atoms with Crippen molar-refractivity contribution in [3.05, 3.63) is 64.7 Å². The average molecular weight is 361 g/mol. The number of nitrogens with one attached hydrogen (secondary N) is 1. The van der Waals surface area contributed by atoms with Crippen molar-refractivity contribution in [3.63, 3.8) is 0 Å². The first kappa shape index (κ1) is 16.7. The van der Waals surface area contributed by atoms with Crippen LogP contribution in [0.1, 0.15) is 5.89 Å². The number of non-ortho nitro benzene ring substituents is 1. The van der Waals surface area contributed by atoms with Crippen LogP contribution in [0.5, 0.6) is 0 Å². The van der Waals surface area contributed by atoms with Gasteiger partial charge >= 0.3 is 0 Å². The molecule has 3 rings (SSSR count). The van der Waals surface area contributed by atoms with E-state index in [2.05, 4.69) is 19.9 Å². The first-order chi connectivity index (χ1) is 12.0. The predicted octanol–water partition coefficient (Wildman–Crippen LogP) is 1.52. The zero-order valence-electron chi connectivity index (χ0n) is 12.6. The third-order valence-electron chi connectivity index (χ3n) is 3.10. The molecule has 0 aliphatic heterocycles. The first-order valence-corrected chi connectivity index (χ1v) is 8.42. The number of rotatable bonds is 6. The van der Waals surface area contributed by atoms with Crippen LogP contribution < -0.4 is 4.72 Å². The quantitative estimate of drug-likeness (QED) is 0.514. The molecular formula is C14H11N5O5S. The van der Waals surface area contributed by atoms with Gasteiger partial charge in [0.05, 0.1) is 16.4 Å². The van der Waals surface area contributed by atoms with Crippen LogP contribution >= 0.6 is 0 Å². The van der Waals surface area contributed by atoms with Gasteiger partial charge in [0.2, 0.25) is 15.9 Å². The molecule has 11 heteroatoms. The van der Waals surface area contributed by atoms with E-state index in [1.165, 1.54) is 18.2 Å². The first-order valence-electron chi connectivity index (χ1n) is 6.93. The molecule has 128 valence electrons. The fourth-order valence-electron chi connectivity index (χ4n) is 1.92. The van der Waals surface area contributed by atoms with E-state index >= 15 is 0 Å². The van der Waals surface area contributed by atoms with Gasteiger partial charge in [-0.3, -0.25) is 15.1 Å². The molecule has 0 radical (unpaired) electrons. The summed E-state index contributed by atoms with van der Waals surface area (Å²) in [7, 11) is -3.97. The third kappa shape index (κ3) is 3.84. The fraction of sp³-hybridized carbons (Fsp3) is 0.0714. The van der Waals surface area contributed by atoms with Crippen LogP contribution in [0.2, 0.25) is 0 Å². The molecule has 1 aromatic carbocycles. The second-order valence-electron chi connectivity index (χ2n) is 4.79. The number of hydrogen-bond acceptors (Lipinski definition) is 8. The molecule has 0 aliphatic rings. The average Bonchev–Trinajstić information content (AvgIpc) is 3.10. The monoisotopic (exact) mass is 361 g/mol. The summed E-state index contributed by atoms with van der Waals surface area (Å²) in [5.74, 6) is 0.194. The zero-order valence-corrected chi connectivity index (χ0v) is 13.4. The van der Waals surface area contributed by atoms with E-state index in [0.717, 1.165) is 6.07 Å². The summed E-state index contributed by atoms with van der Waals surface area (Å²) in [6.45, 7) is -0.259. The smallest absolute Gasteiger partial charge is 0.270 e. The number of hydrogen-bond donors (Lipinski definition) is 1. The van der Waals surface area contributed by atoms with Crippen LogP contribution in [-0.4, -0.2) is 28.5 Å². The van der Waals surface area contributed by atoms with Crippen molar-refractivity contribution >= 4 is 15.7 Å². The van der Waals surface area contributed by atoms with E-state index in [1.54, 1.807) is 24.4 Å². The molecule has 0 saturated carbocycles. The van der Waals surface area contributed by atoms with E-state index in [9.17, 15) is 18.5 Å². The normalized spacial score (nSPS) is 11.4. The molecule has 2 heterocycles. The van der Waals surface area contributed by atoms with Crippen LogP contribution in [0.4, 0.5) is 5.69 Å². The molecule has 0 amide bonds. The van der Waals surface area contributed by atoms with E-state index in [-0.39, 0.29) is 28.9 Å². The topological polar surface area (TPSA) is 141 Å². The van der Waals surface area contributed by atoms with Crippen molar-refractivity contribution in [2.24, 2.45) is 0 Å². The number of benzene rings is 1. The van der Waals surface area contributed by atoms with Gasteiger partial charge in [-0.15, -0.1) is 10.2 Å². The molecule has 0 spiro atoms. The third-order valence-corrected chi connectivity index (χ3v) is 4.50. The summed E-state index contributed by atoms with van der Waals surface area (Å²) >= 11 is 0. The predicted molar refractivity (Wildman–Crippen MR) is 84.7 cm³/mol. The Morgan fingerprint density at radius 1 is 1.16 bits per heavy atom. The van der Waals surface area contributed by atoms with Crippen molar-refractivity contribution in [2.75, 3.05) is 0 Å². The Balaban J connectivity index is 1.74. The number of pyridine rings is 1. The highest BCUT2D eigenvalue weighted by molar-refractivity contribution is 7.89. The van der Waals surface area contributed by atoms with E-state index in [1.807, 2.05) is 0 Å². The van der Waals surface area contributed by atoms with Crippen LogP contribution in [0, 0.1) is 10.1 Å². The van der Waals surface area contributed by atoms with Gasteiger partial charge in [0.25, 0.3) is 11.6 Å². The fourth-order valence-corrected chi connectivity index (χ4v) is 2.94. The molecule has 10 nitrogen and oxygen atoms in total. The van der Waals surface area contributed by atoms with Gasteiger partial charge < -0.3 is 4.42 Å². The molecule has 0 saturated heterocycles. The summed E-state index contributed by atoms with van der Waals surface area (Å²) in [4.78, 5) is 13.9. The molecule has 0 unspecified atom stereocenters. The Labute approximate surface area is 141 Å². The zero-order chi connectivity index (χ0) is 17.9. The lowest BCUT2D eigenvalue weighted by molar-refractivity contribution is -0.385. The molecule has 2 aromatic heterocycles. The van der Waals surface area contributed by atoms with Crippen molar-refractivity contribution < 1.29 is 17.8 Å². The van der Waals surface area contributed by atoms with Crippen molar-refractivity contribution in [3.8, 4) is 11.6 Å². The molecular weight excluding hydrogens is 350 g/mol. The lowest BCUT2D eigenvalue weighted by atomic mass is 10.3. The van der Waals surface area contributed by atoms with Gasteiger partial charge in [-0.2, -0.15) is 0 Å². The maximum absolute atomic E-state index is 12.2. The molecule has 0 fully saturated rings. The van der Waals surface area contributed by atoms with Gasteiger partial charge in [-0.1, -0.05) is 12.1 Å². The standard InChI is InChI=1S/C14H11N5O5S/c20-19(21)10-4-3-5-11(8-10)25(22,23)16-9-13-17-18-14(24-13)12-6-1-2-7-15-12/h1-8,16H,9H2. The Hall–Kier alpha value is -3.18. The minimum absolute atomic E-state index is 0.0367. The molecule has 0 atom stereocenters. The highest BCUT2D eigenvalue weighted by atomic mass is 32.2. The van der Waals surface area contributed by atoms with Crippen LogP contribution in [0.15, 0.2) is 58.0 Å². The second-order valence-corrected chi connectivity index (χ2v) is 6.56. The van der Waals surface area contributed by atoms with Crippen molar-refractivity contribution in [2.45, 2.75) is 11.4 Å². The molecule has 0 bridgehead atoms. The second kappa shape index (κ2) is 6.75. The number of nitrogens with zero attached hydrogens (tertiary/aromatic N) is 4. The highest BCUT2D eigenvalue weighted by Gasteiger charge is 2.19. The van der Waals surface area contributed by atoms with Crippen LogP contribution in [-0.2, 0) is 16.6 Å². The van der Waals surface area contributed by atoms with E-state index in [4.69, 9.17) is 4.42 Å². The van der Waals surface area contributed by atoms with Crippen LogP contribution in [0.25, 0.3) is 11.6 Å². The summed E-state index contributed by atoms with van der Waals surface area (Å²) in [5, 5.41) is 18.3. The highest BCUT2D eigenvalue weighted by Crippen LogP contribution is 2.18. The maximum atomic E-state index is 12.2. The van der Waals surface area contributed by atoms with Gasteiger partial charge in [-0.05, 0) is 18.2 Å². The Kier molecular flexibility index (Phi) is 4.50. The summed E-state index contributed by atoms with van der Waals surface area (Å²) in [6, 6.07) is 9.86. The van der Waals surface area contributed by atoms with E-state index < -0.39 is 14.9 Å². The maximum Gasteiger partial charge on any atom is 0.270 e. The minimum atomic E-state index is -3.97. The van der Waals surface area contributed by atoms with Crippen molar-refractivity contribution in [1.82, 2.24) is 19.9 Å². The van der Waals surface area contributed by atoms with Gasteiger partial charge in [0, 0.05) is 18.3 Å². The number of nitro benzene ring substituents is 1. The van der Waals surface area contributed by atoms with Crippen molar-refractivity contribution in [1.29, 1.82) is 0 Å². The largest absolute Gasteiger partial charge is 0.418 e. The molecule has 3 aromatic rings. The SMILES string of the molecule is O=[N+]([O-])c1cccc(S(=O)(=O)NCc2nnc(-c3ccccn3)o2)c1. The summed E-state index contributed by atoms with van der Waals surface area (Å²) in [5.41, 5.74) is 0.140. The van der Waals surface area contributed by atoms with Gasteiger partial charge in [-0.25, -0.2) is 13.1 Å². The summed E-state index contributed by atoms with van der Waals surface area (Å²) < 4.78 is 32.0. The van der Waals surface area contributed by atoms with Crippen LogP contribution in [0.3, 0.4) is 0 Å². The lowest BCUT2D eigenvalue weighted by Crippen LogP contribution is -2.23. The Bertz CT molecular complexity index is 1000. The molecule has 1 N–H and O–H groups in total. The Morgan fingerprint density at radius 2 is 2.00 bits per heavy atom. The number of aromatic nitrogens is 3. The molecule has 25 heavy (non-hydrogen) atoms. The minimum Gasteiger partial charge on any atom is -0.418 e. The van der Waals surface area contributed by atoms with Gasteiger partial charge in [0.1, 0.15) is 5.69 Å².